The molecule has 0 radical (unpaired) electrons. The van der Waals surface area contributed by atoms with Crippen LogP contribution < -0.4 is 11.2 Å². The Morgan fingerprint density at radius 1 is 1.25 bits per heavy atom. The van der Waals surface area contributed by atoms with Gasteiger partial charge in [-0.05, 0) is 27.1 Å². The second kappa shape index (κ2) is 5.15. The fraction of sp³-hybridized carbons (Fsp3) is 0.667. The van der Waals surface area contributed by atoms with E-state index in [1.165, 1.54) is 0 Å². The van der Waals surface area contributed by atoms with Crippen LogP contribution in [0.5, 0.6) is 0 Å². The van der Waals surface area contributed by atoms with Crippen LogP contribution in [0.1, 0.15) is 6.42 Å². The van der Waals surface area contributed by atoms with E-state index in [-0.39, 0.29) is 0 Å². The van der Waals surface area contributed by atoms with Crippen LogP contribution in [0.2, 0.25) is 0 Å². The van der Waals surface area contributed by atoms with Gasteiger partial charge in [-0.15, -0.1) is 0 Å². The molecule has 1 rings (SSSR count). The van der Waals surface area contributed by atoms with Crippen molar-refractivity contribution < 1.29 is 14.4 Å². The van der Waals surface area contributed by atoms with Gasteiger partial charge in [0.1, 0.15) is 0 Å². The summed E-state index contributed by atoms with van der Waals surface area (Å²) in [6.07, 6.45) is 0.717. The second-order valence-electron chi connectivity index (χ2n) is 3.98. The average molecular weight is 228 g/mol. The minimum Gasteiger partial charge on any atom is -0.309 e. The number of imide groups is 1. The zero-order valence-corrected chi connectivity index (χ0v) is 9.40. The van der Waals surface area contributed by atoms with E-state index in [9.17, 15) is 14.4 Å². The van der Waals surface area contributed by atoms with E-state index < -0.39 is 23.6 Å². The molecule has 0 aliphatic carbocycles. The van der Waals surface area contributed by atoms with Crippen molar-refractivity contribution in [2.45, 2.75) is 12.5 Å². The fourth-order valence-electron chi connectivity index (χ4n) is 1.48. The van der Waals surface area contributed by atoms with Gasteiger partial charge in [-0.2, -0.15) is 0 Å². The van der Waals surface area contributed by atoms with Gasteiger partial charge in [0.2, 0.25) is 5.78 Å². The zero-order chi connectivity index (χ0) is 12.3. The van der Waals surface area contributed by atoms with Crippen LogP contribution in [-0.2, 0) is 14.4 Å². The SMILES string of the molecule is CN(C)CCCN(N)C1C(=O)NC(=O)C1=O. The topological polar surface area (TPSA) is 95.7 Å². The van der Waals surface area contributed by atoms with E-state index in [0.29, 0.717) is 6.54 Å². The second-order valence-corrected chi connectivity index (χ2v) is 3.98. The lowest BCUT2D eigenvalue weighted by molar-refractivity contribution is -0.137. The van der Waals surface area contributed by atoms with Gasteiger partial charge >= 0.3 is 0 Å². The summed E-state index contributed by atoms with van der Waals surface area (Å²) in [7, 11) is 3.83. The van der Waals surface area contributed by atoms with E-state index in [1.807, 2.05) is 24.3 Å². The predicted molar refractivity (Wildman–Crippen MR) is 56.0 cm³/mol. The number of carbonyl (C=O) groups excluding carboxylic acids is 3. The van der Waals surface area contributed by atoms with Gasteiger partial charge in [0, 0.05) is 6.54 Å². The molecule has 7 heteroatoms. The number of rotatable bonds is 5. The molecule has 90 valence electrons. The minimum absolute atomic E-state index is 0.384. The molecule has 1 aliphatic heterocycles. The number of carbonyl (C=O) groups is 3. The molecule has 0 saturated carbocycles. The number of nitrogens with one attached hydrogen (secondary N) is 1. The Bertz CT molecular complexity index is 316. The van der Waals surface area contributed by atoms with Crippen molar-refractivity contribution in [1.29, 1.82) is 0 Å². The molecule has 7 nitrogen and oxygen atoms in total. The highest BCUT2D eigenvalue weighted by molar-refractivity contribution is 6.49. The van der Waals surface area contributed by atoms with E-state index in [0.717, 1.165) is 18.0 Å². The number of hydrazine groups is 1. The summed E-state index contributed by atoms with van der Waals surface area (Å²) in [6, 6.07) is -1.16. The van der Waals surface area contributed by atoms with E-state index >= 15 is 0 Å². The van der Waals surface area contributed by atoms with Crippen LogP contribution in [0.3, 0.4) is 0 Å². The maximum Gasteiger partial charge on any atom is 0.296 e. The van der Waals surface area contributed by atoms with Gasteiger partial charge in [-0.1, -0.05) is 0 Å². The first-order valence-electron chi connectivity index (χ1n) is 4.98. The van der Waals surface area contributed by atoms with Crippen molar-refractivity contribution in [3.63, 3.8) is 0 Å². The Morgan fingerprint density at radius 2 is 1.88 bits per heavy atom. The monoisotopic (exact) mass is 228 g/mol. The molecule has 1 heterocycles. The van der Waals surface area contributed by atoms with Crippen LogP contribution in [0.15, 0.2) is 0 Å². The van der Waals surface area contributed by atoms with Crippen molar-refractivity contribution >= 4 is 17.6 Å². The van der Waals surface area contributed by atoms with Crippen LogP contribution in [-0.4, -0.2) is 60.7 Å². The lowest BCUT2D eigenvalue weighted by Crippen LogP contribution is -2.49. The standard InChI is InChI=1S/C9H16N4O3/c1-12(2)4-3-5-13(10)6-7(14)9(16)11-8(6)15/h6H,3-5,10H2,1-2H3,(H,11,15,16). The number of nitrogens with zero attached hydrogens (tertiary/aromatic N) is 2. The summed E-state index contributed by atoms with van der Waals surface area (Å²) < 4.78 is 0. The molecule has 0 bridgehead atoms. The molecule has 0 aromatic rings. The third-order valence-electron chi connectivity index (χ3n) is 2.31. The Morgan fingerprint density at radius 3 is 2.31 bits per heavy atom. The Balaban J connectivity index is 2.47. The van der Waals surface area contributed by atoms with Gasteiger partial charge in [-0.3, -0.25) is 25.5 Å². The molecule has 1 saturated heterocycles. The van der Waals surface area contributed by atoms with Crippen LogP contribution in [0.25, 0.3) is 0 Å². The van der Waals surface area contributed by atoms with E-state index in [1.54, 1.807) is 0 Å². The molecule has 0 spiro atoms. The first-order valence-corrected chi connectivity index (χ1v) is 4.98. The third-order valence-corrected chi connectivity index (χ3v) is 2.31. The third kappa shape index (κ3) is 2.84. The number of amides is 2. The Hall–Kier alpha value is -1.31. The van der Waals surface area contributed by atoms with Gasteiger partial charge in [0.25, 0.3) is 11.8 Å². The molecule has 1 unspecified atom stereocenters. The maximum absolute atomic E-state index is 11.3. The molecule has 1 fully saturated rings. The molecule has 3 N–H and O–H groups in total. The zero-order valence-electron chi connectivity index (χ0n) is 9.40. The van der Waals surface area contributed by atoms with E-state index in [4.69, 9.17) is 5.84 Å². The minimum atomic E-state index is -1.16. The number of Topliss-reactive ketones (excluding diaryl/α,β-unsaturated/α-hetero) is 1. The number of nitrogens with two attached hydrogens (primary N) is 1. The summed E-state index contributed by atoms with van der Waals surface area (Å²) in [5.74, 6) is 3.30. The van der Waals surface area contributed by atoms with Gasteiger partial charge in [0.15, 0.2) is 6.04 Å². The normalized spacial score (nSPS) is 21.1. The first kappa shape index (κ1) is 12.8. The van der Waals surface area contributed by atoms with Crippen LogP contribution >= 0.6 is 0 Å². The van der Waals surface area contributed by atoms with Gasteiger partial charge < -0.3 is 4.90 Å². The Labute approximate surface area is 93.5 Å². The molecular formula is C9H16N4O3. The summed E-state index contributed by atoms with van der Waals surface area (Å²) in [4.78, 5) is 35.4. The van der Waals surface area contributed by atoms with Gasteiger partial charge in [0.05, 0.1) is 0 Å². The maximum atomic E-state index is 11.3. The van der Waals surface area contributed by atoms with E-state index in [2.05, 4.69) is 0 Å². The fourth-order valence-corrected chi connectivity index (χ4v) is 1.48. The Kier molecular flexibility index (Phi) is 4.11. The van der Waals surface area contributed by atoms with Crippen molar-refractivity contribution in [2.24, 2.45) is 5.84 Å². The highest BCUT2D eigenvalue weighted by Gasteiger charge is 2.42. The molecule has 0 aromatic carbocycles. The molecular weight excluding hydrogens is 212 g/mol. The lowest BCUT2D eigenvalue weighted by atomic mass is 10.2. The largest absolute Gasteiger partial charge is 0.309 e. The molecule has 1 atom stereocenters. The van der Waals surface area contributed by atoms with Crippen LogP contribution in [0, 0.1) is 0 Å². The smallest absolute Gasteiger partial charge is 0.296 e. The highest BCUT2D eigenvalue weighted by atomic mass is 16.2. The van der Waals surface area contributed by atoms with Crippen LogP contribution in [0.4, 0.5) is 0 Å². The summed E-state index contributed by atoms with van der Waals surface area (Å²) >= 11 is 0. The number of hydrogen-bond donors (Lipinski definition) is 2. The molecule has 0 aromatic heterocycles. The average Bonchev–Trinajstić information content (AvgIpc) is 2.40. The van der Waals surface area contributed by atoms with Crippen molar-refractivity contribution in [3.05, 3.63) is 0 Å². The molecule has 2 amide bonds. The molecule has 1 aliphatic rings. The quantitative estimate of drug-likeness (QED) is 0.181. The van der Waals surface area contributed by atoms with Gasteiger partial charge in [-0.25, -0.2) is 5.01 Å². The lowest BCUT2D eigenvalue weighted by Gasteiger charge is -2.20. The summed E-state index contributed by atoms with van der Waals surface area (Å²) in [5, 5.41) is 3.05. The summed E-state index contributed by atoms with van der Waals surface area (Å²) in [6.45, 7) is 1.18. The number of hydrogen-bond acceptors (Lipinski definition) is 6. The van der Waals surface area contributed by atoms with Crippen molar-refractivity contribution in [2.75, 3.05) is 27.2 Å². The first-order chi connectivity index (χ1) is 7.43. The number of ketones is 1. The highest BCUT2D eigenvalue weighted by Crippen LogP contribution is 2.04. The van der Waals surface area contributed by atoms with Crippen molar-refractivity contribution in [1.82, 2.24) is 15.2 Å². The van der Waals surface area contributed by atoms with Crippen molar-refractivity contribution in [3.8, 4) is 0 Å². The molecule has 16 heavy (non-hydrogen) atoms. The summed E-state index contributed by atoms with van der Waals surface area (Å²) in [5.41, 5.74) is 0. The predicted octanol–water partition coefficient (Wildman–Crippen LogP) is -2.29.